The van der Waals surface area contributed by atoms with Crippen molar-refractivity contribution < 1.29 is 13.2 Å². The Morgan fingerprint density at radius 2 is 1.85 bits per heavy atom. The maximum atomic E-state index is 11.8. The van der Waals surface area contributed by atoms with Crippen LogP contribution in [0.25, 0.3) is 0 Å². The first-order valence-electron chi connectivity index (χ1n) is 5.86. The summed E-state index contributed by atoms with van der Waals surface area (Å²) >= 11 is 0. The molecular formula is C12H20ClN3O3S. The first-order valence-corrected chi connectivity index (χ1v) is 7.58. The van der Waals surface area contributed by atoms with Crippen LogP contribution in [-0.4, -0.2) is 34.0 Å². The van der Waals surface area contributed by atoms with Crippen molar-refractivity contribution in [2.24, 2.45) is 5.14 Å². The van der Waals surface area contributed by atoms with Crippen LogP contribution < -0.4 is 15.8 Å². The summed E-state index contributed by atoms with van der Waals surface area (Å²) in [5, 5.41) is 10.7. The standard InChI is InChI=1S/C12H19N3O3S.ClH/c1-9(14-2)7-15-12(16)11-5-3-10(4-6-11)8-19(13,17)18;/h3-6,9,14H,7-8H2,1-2H3,(H,15,16)(H2,13,17,18);1H. The molecule has 114 valence electrons. The van der Waals surface area contributed by atoms with Crippen LogP contribution in [0.5, 0.6) is 0 Å². The SMILES string of the molecule is CNC(C)CNC(=O)c1ccc(CS(N)(=O)=O)cc1.Cl. The highest BCUT2D eigenvalue weighted by Crippen LogP contribution is 2.07. The quantitative estimate of drug-likeness (QED) is 0.698. The molecule has 0 heterocycles. The molecule has 1 atom stereocenters. The molecule has 0 aliphatic carbocycles. The van der Waals surface area contributed by atoms with Gasteiger partial charge in [-0.2, -0.15) is 0 Å². The number of hydrogen-bond donors (Lipinski definition) is 3. The van der Waals surface area contributed by atoms with E-state index in [2.05, 4.69) is 10.6 Å². The summed E-state index contributed by atoms with van der Waals surface area (Å²) < 4.78 is 21.8. The van der Waals surface area contributed by atoms with E-state index in [9.17, 15) is 13.2 Å². The Bertz CT molecular complexity index is 531. The molecule has 1 amide bonds. The van der Waals surface area contributed by atoms with Crippen LogP contribution in [-0.2, 0) is 15.8 Å². The van der Waals surface area contributed by atoms with E-state index in [0.29, 0.717) is 17.7 Å². The van der Waals surface area contributed by atoms with Crippen molar-refractivity contribution in [2.75, 3.05) is 13.6 Å². The second-order valence-electron chi connectivity index (χ2n) is 4.40. The molecule has 1 aromatic carbocycles. The van der Waals surface area contributed by atoms with Crippen molar-refractivity contribution in [2.45, 2.75) is 18.7 Å². The Balaban J connectivity index is 0.00000361. The summed E-state index contributed by atoms with van der Waals surface area (Å²) in [4.78, 5) is 11.8. The zero-order valence-electron chi connectivity index (χ0n) is 11.4. The Morgan fingerprint density at radius 1 is 1.30 bits per heavy atom. The number of primary sulfonamides is 1. The van der Waals surface area contributed by atoms with Crippen molar-refractivity contribution in [1.29, 1.82) is 0 Å². The normalized spacial score (nSPS) is 12.3. The van der Waals surface area contributed by atoms with Crippen LogP contribution in [0.3, 0.4) is 0 Å². The van der Waals surface area contributed by atoms with Gasteiger partial charge in [0, 0.05) is 18.2 Å². The predicted octanol–water partition coefficient (Wildman–Crippen LogP) is 0.235. The predicted molar refractivity (Wildman–Crippen MR) is 81.4 cm³/mol. The van der Waals surface area contributed by atoms with E-state index in [1.165, 1.54) is 0 Å². The van der Waals surface area contributed by atoms with Crippen LogP contribution >= 0.6 is 12.4 Å². The van der Waals surface area contributed by atoms with Crippen LogP contribution in [0.2, 0.25) is 0 Å². The molecule has 0 fully saturated rings. The van der Waals surface area contributed by atoms with E-state index in [1.54, 1.807) is 24.3 Å². The zero-order chi connectivity index (χ0) is 14.5. The number of likely N-dealkylation sites (N-methyl/N-ethyl adjacent to an activating group) is 1. The van der Waals surface area contributed by atoms with Gasteiger partial charge < -0.3 is 10.6 Å². The smallest absolute Gasteiger partial charge is 0.251 e. The monoisotopic (exact) mass is 321 g/mol. The van der Waals surface area contributed by atoms with E-state index >= 15 is 0 Å². The lowest BCUT2D eigenvalue weighted by atomic mass is 10.1. The number of halogens is 1. The molecule has 0 saturated heterocycles. The number of benzene rings is 1. The third-order valence-corrected chi connectivity index (χ3v) is 3.38. The zero-order valence-corrected chi connectivity index (χ0v) is 13.1. The summed E-state index contributed by atoms with van der Waals surface area (Å²) in [5.74, 6) is -0.421. The summed E-state index contributed by atoms with van der Waals surface area (Å²) in [5.41, 5.74) is 1.05. The number of carbonyl (C=O) groups is 1. The molecule has 0 aliphatic heterocycles. The Hall–Kier alpha value is -1.15. The van der Waals surface area contributed by atoms with Gasteiger partial charge in [0.1, 0.15) is 0 Å². The lowest BCUT2D eigenvalue weighted by molar-refractivity contribution is 0.0950. The molecule has 0 spiro atoms. The number of nitrogens with one attached hydrogen (secondary N) is 2. The second kappa shape index (κ2) is 8.21. The minimum atomic E-state index is -3.54. The first kappa shape index (κ1) is 18.9. The van der Waals surface area contributed by atoms with Crippen molar-refractivity contribution >= 4 is 28.3 Å². The van der Waals surface area contributed by atoms with Crippen LogP contribution in [0.4, 0.5) is 0 Å². The van der Waals surface area contributed by atoms with Gasteiger partial charge in [-0.3, -0.25) is 4.79 Å². The number of rotatable bonds is 6. The van der Waals surface area contributed by atoms with Crippen LogP contribution in [0, 0.1) is 0 Å². The van der Waals surface area contributed by atoms with Gasteiger partial charge in [0.15, 0.2) is 0 Å². The lowest BCUT2D eigenvalue weighted by Crippen LogP contribution is -2.37. The molecule has 0 aliphatic rings. The fraction of sp³-hybridized carbons (Fsp3) is 0.417. The summed E-state index contributed by atoms with van der Waals surface area (Å²) in [6.45, 7) is 2.48. The highest BCUT2D eigenvalue weighted by atomic mass is 35.5. The molecule has 4 N–H and O–H groups in total. The van der Waals surface area contributed by atoms with Crippen LogP contribution in [0.1, 0.15) is 22.8 Å². The fourth-order valence-corrected chi connectivity index (χ4v) is 2.09. The van der Waals surface area contributed by atoms with E-state index in [1.807, 2.05) is 14.0 Å². The molecule has 0 radical (unpaired) electrons. The minimum Gasteiger partial charge on any atom is -0.350 e. The molecule has 0 bridgehead atoms. The number of hydrogen-bond acceptors (Lipinski definition) is 4. The topological polar surface area (TPSA) is 101 Å². The molecule has 20 heavy (non-hydrogen) atoms. The molecule has 0 saturated carbocycles. The van der Waals surface area contributed by atoms with Gasteiger partial charge in [-0.25, -0.2) is 13.6 Å². The minimum absolute atomic E-state index is 0. The average Bonchev–Trinajstić information content (AvgIpc) is 2.34. The van der Waals surface area contributed by atoms with Gasteiger partial charge in [-0.05, 0) is 31.7 Å². The van der Waals surface area contributed by atoms with Gasteiger partial charge in [0.25, 0.3) is 5.91 Å². The molecule has 1 rings (SSSR count). The molecular weight excluding hydrogens is 302 g/mol. The maximum Gasteiger partial charge on any atom is 0.251 e. The summed E-state index contributed by atoms with van der Waals surface area (Å²) in [7, 11) is -1.73. The Kier molecular flexibility index (Phi) is 7.74. The summed E-state index contributed by atoms with van der Waals surface area (Å²) in [6, 6.07) is 6.52. The van der Waals surface area contributed by atoms with E-state index in [4.69, 9.17) is 5.14 Å². The van der Waals surface area contributed by atoms with Crippen molar-refractivity contribution in [3.63, 3.8) is 0 Å². The Morgan fingerprint density at radius 3 is 2.30 bits per heavy atom. The van der Waals surface area contributed by atoms with Gasteiger partial charge in [-0.1, -0.05) is 12.1 Å². The van der Waals surface area contributed by atoms with E-state index < -0.39 is 10.0 Å². The largest absolute Gasteiger partial charge is 0.350 e. The van der Waals surface area contributed by atoms with Crippen molar-refractivity contribution in [1.82, 2.24) is 10.6 Å². The average molecular weight is 322 g/mol. The molecule has 1 unspecified atom stereocenters. The van der Waals surface area contributed by atoms with E-state index in [-0.39, 0.29) is 30.1 Å². The number of amides is 1. The maximum absolute atomic E-state index is 11.8. The number of sulfonamides is 1. The first-order chi connectivity index (χ1) is 8.81. The number of nitrogens with two attached hydrogens (primary N) is 1. The third-order valence-electron chi connectivity index (χ3n) is 2.65. The molecule has 8 heteroatoms. The van der Waals surface area contributed by atoms with Crippen molar-refractivity contribution in [3.8, 4) is 0 Å². The van der Waals surface area contributed by atoms with Crippen molar-refractivity contribution in [3.05, 3.63) is 35.4 Å². The summed E-state index contributed by atoms with van der Waals surface area (Å²) in [6.07, 6.45) is 0. The van der Waals surface area contributed by atoms with Gasteiger partial charge >= 0.3 is 0 Å². The van der Waals surface area contributed by atoms with Gasteiger partial charge in [0.2, 0.25) is 10.0 Å². The fourth-order valence-electron chi connectivity index (χ4n) is 1.43. The van der Waals surface area contributed by atoms with E-state index in [0.717, 1.165) is 0 Å². The second-order valence-corrected chi connectivity index (χ2v) is 6.02. The molecule has 0 aromatic heterocycles. The van der Waals surface area contributed by atoms with Gasteiger partial charge in [0.05, 0.1) is 5.75 Å². The lowest BCUT2D eigenvalue weighted by Gasteiger charge is -2.11. The Labute approximate surface area is 125 Å². The van der Waals surface area contributed by atoms with Gasteiger partial charge in [-0.15, -0.1) is 12.4 Å². The third kappa shape index (κ3) is 6.85. The number of carbonyl (C=O) groups excluding carboxylic acids is 1. The molecule has 6 nitrogen and oxygen atoms in total. The highest BCUT2D eigenvalue weighted by molar-refractivity contribution is 7.88. The highest BCUT2D eigenvalue weighted by Gasteiger charge is 2.08. The molecule has 1 aromatic rings. The van der Waals surface area contributed by atoms with Crippen LogP contribution in [0.15, 0.2) is 24.3 Å².